The molecule has 0 bridgehead atoms. The zero-order valence-electron chi connectivity index (χ0n) is 13.0. The molecular formula is C15H26N4O. The number of nitrogens with zero attached hydrogens (tertiary/aromatic N) is 3. The van der Waals surface area contributed by atoms with Gasteiger partial charge in [0.05, 0.1) is 5.69 Å². The van der Waals surface area contributed by atoms with Crippen molar-refractivity contribution in [1.82, 2.24) is 20.0 Å². The molecule has 1 saturated carbocycles. The van der Waals surface area contributed by atoms with Gasteiger partial charge in [-0.1, -0.05) is 12.8 Å². The first kappa shape index (κ1) is 15.0. The highest BCUT2D eigenvalue weighted by molar-refractivity contribution is 5.92. The number of hydrogen-bond donors (Lipinski definition) is 1. The zero-order valence-corrected chi connectivity index (χ0v) is 13.0. The van der Waals surface area contributed by atoms with Crippen molar-refractivity contribution >= 4 is 5.91 Å². The van der Waals surface area contributed by atoms with Crippen LogP contribution in [-0.4, -0.2) is 47.3 Å². The van der Waals surface area contributed by atoms with Gasteiger partial charge in [-0.3, -0.25) is 9.48 Å². The molecule has 2 atom stereocenters. The first-order valence-corrected chi connectivity index (χ1v) is 7.43. The number of nitrogens with one attached hydrogen (secondary N) is 1. The first-order chi connectivity index (χ1) is 9.47. The molecule has 1 aromatic rings. The molecule has 1 N–H and O–H groups in total. The standard InChI is InChI=1S/C15H26N4O/c1-11-9-14(19(4)17-11)15(20)16-13-8-6-5-7-12(13)10-18(2)3/h9,12-13H,5-8,10H2,1-4H3,(H,16,20). The Hall–Kier alpha value is -1.36. The second-order valence-electron chi connectivity index (χ2n) is 6.18. The van der Waals surface area contributed by atoms with E-state index in [1.165, 1.54) is 19.3 Å². The molecular weight excluding hydrogens is 252 g/mol. The SMILES string of the molecule is Cc1cc(C(=O)NC2CCCCC2CN(C)C)n(C)n1. The second-order valence-corrected chi connectivity index (χ2v) is 6.18. The van der Waals surface area contributed by atoms with Crippen molar-refractivity contribution in [2.24, 2.45) is 13.0 Å². The summed E-state index contributed by atoms with van der Waals surface area (Å²) in [6.07, 6.45) is 4.77. The summed E-state index contributed by atoms with van der Waals surface area (Å²) in [5.41, 5.74) is 1.53. The summed E-state index contributed by atoms with van der Waals surface area (Å²) < 4.78 is 1.66. The minimum atomic E-state index is 0.00348. The summed E-state index contributed by atoms with van der Waals surface area (Å²) in [5, 5.41) is 7.46. The highest BCUT2D eigenvalue weighted by Crippen LogP contribution is 2.25. The Morgan fingerprint density at radius 2 is 2.15 bits per heavy atom. The van der Waals surface area contributed by atoms with E-state index in [2.05, 4.69) is 29.4 Å². The van der Waals surface area contributed by atoms with Crippen molar-refractivity contribution in [1.29, 1.82) is 0 Å². The molecule has 1 fully saturated rings. The van der Waals surface area contributed by atoms with E-state index in [1.807, 2.05) is 20.0 Å². The van der Waals surface area contributed by atoms with Crippen LogP contribution in [0.3, 0.4) is 0 Å². The second kappa shape index (κ2) is 6.39. The van der Waals surface area contributed by atoms with Gasteiger partial charge in [0.1, 0.15) is 5.69 Å². The number of carbonyl (C=O) groups excluding carboxylic acids is 1. The lowest BCUT2D eigenvalue weighted by atomic mass is 9.84. The summed E-state index contributed by atoms with van der Waals surface area (Å²) >= 11 is 0. The Kier molecular flexibility index (Phi) is 4.81. The third-order valence-corrected chi connectivity index (χ3v) is 4.06. The Morgan fingerprint density at radius 1 is 1.45 bits per heavy atom. The average Bonchev–Trinajstić information content (AvgIpc) is 2.70. The van der Waals surface area contributed by atoms with Crippen molar-refractivity contribution < 1.29 is 4.79 Å². The lowest BCUT2D eigenvalue weighted by Crippen LogP contribution is -2.45. The van der Waals surface area contributed by atoms with Crippen LogP contribution in [-0.2, 0) is 7.05 Å². The maximum Gasteiger partial charge on any atom is 0.269 e. The van der Waals surface area contributed by atoms with Gasteiger partial charge in [-0.2, -0.15) is 5.10 Å². The van der Waals surface area contributed by atoms with Gasteiger partial charge in [0, 0.05) is 19.6 Å². The van der Waals surface area contributed by atoms with Gasteiger partial charge in [0.2, 0.25) is 0 Å². The molecule has 112 valence electrons. The lowest BCUT2D eigenvalue weighted by Gasteiger charge is -2.33. The minimum absolute atomic E-state index is 0.00348. The molecule has 1 heterocycles. The molecule has 20 heavy (non-hydrogen) atoms. The van der Waals surface area contributed by atoms with Crippen LogP contribution in [0.15, 0.2) is 6.07 Å². The molecule has 1 amide bonds. The smallest absolute Gasteiger partial charge is 0.269 e. The van der Waals surface area contributed by atoms with Crippen LogP contribution in [0.2, 0.25) is 0 Å². The van der Waals surface area contributed by atoms with Crippen molar-refractivity contribution in [3.8, 4) is 0 Å². The third kappa shape index (κ3) is 3.60. The van der Waals surface area contributed by atoms with Crippen LogP contribution in [0.5, 0.6) is 0 Å². The Morgan fingerprint density at radius 3 is 2.75 bits per heavy atom. The fourth-order valence-corrected chi connectivity index (χ4v) is 3.15. The predicted octanol–water partition coefficient (Wildman–Crippen LogP) is 1.58. The van der Waals surface area contributed by atoms with Gasteiger partial charge < -0.3 is 10.2 Å². The predicted molar refractivity (Wildman–Crippen MR) is 79.7 cm³/mol. The van der Waals surface area contributed by atoms with E-state index in [0.29, 0.717) is 11.6 Å². The van der Waals surface area contributed by atoms with E-state index in [4.69, 9.17) is 0 Å². The van der Waals surface area contributed by atoms with Crippen molar-refractivity contribution in [3.63, 3.8) is 0 Å². The normalized spacial score (nSPS) is 23.1. The van der Waals surface area contributed by atoms with Gasteiger partial charge in [-0.15, -0.1) is 0 Å². The molecule has 0 radical (unpaired) electrons. The summed E-state index contributed by atoms with van der Waals surface area (Å²) in [6, 6.07) is 2.13. The number of hydrogen-bond acceptors (Lipinski definition) is 3. The summed E-state index contributed by atoms with van der Waals surface area (Å²) in [5.74, 6) is 0.556. The first-order valence-electron chi connectivity index (χ1n) is 7.43. The van der Waals surface area contributed by atoms with Gasteiger partial charge >= 0.3 is 0 Å². The third-order valence-electron chi connectivity index (χ3n) is 4.06. The van der Waals surface area contributed by atoms with Gasteiger partial charge in [-0.05, 0) is 45.8 Å². The number of amides is 1. The Labute approximate surface area is 121 Å². The van der Waals surface area contributed by atoms with Crippen molar-refractivity contribution in [2.45, 2.75) is 38.6 Å². The van der Waals surface area contributed by atoms with Crippen LogP contribution < -0.4 is 5.32 Å². The largest absolute Gasteiger partial charge is 0.348 e. The Balaban J connectivity index is 2.03. The van der Waals surface area contributed by atoms with E-state index < -0.39 is 0 Å². The van der Waals surface area contributed by atoms with E-state index >= 15 is 0 Å². The van der Waals surface area contributed by atoms with Crippen LogP contribution in [0, 0.1) is 12.8 Å². The molecule has 2 rings (SSSR count). The number of carbonyl (C=O) groups is 1. The molecule has 0 spiro atoms. The van der Waals surface area contributed by atoms with Crippen LogP contribution in [0.4, 0.5) is 0 Å². The quantitative estimate of drug-likeness (QED) is 0.909. The zero-order chi connectivity index (χ0) is 14.7. The summed E-state index contributed by atoms with van der Waals surface area (Å²) in [4.78, 5) is 14.6. The summed E-state index contributed by atoms with van der Waals surface area (Å²) in [6.45, 7) is 2.95. The van der Waals surface area contributed by atoms with Crippen molar-refractivity contribution in [2.75, 3.05) is 20.6 Å². The molecule has 5 nitrogen and oxygen atoms in total. The fraction of sp³-hybridized carbons (Fsp3) is 0.733. The van der Waals surface area contributed by atoms with E-state index in [0.717, 1.165) is 18.7 Å². The van der Waals surface area contributed by atoms with E-state index in [-0.39, 0.29) is 11.9 Å². The molecule has 2 unspecified atom stereocenters. The number of rotatable bonds is 4. The Bertz CT molecular complexity index is 466. The van der Waals surface area contributed by atoms with Crippen LogP contribution >= 0.6 is 0 Å². The minimum Gasteiger partial charge on any atom is -0.348 e. The van der Waals surface area contributed by atoms with Crippen LogP contribution in [0.25, 0.3) is 0 Å². The molecule has 1 aliphatic rings. The summed E-state index contributed by atoms with van der Waals surface area (Å²) in [7, 11) is 6.01. The molecule has 0 aliphatic heterocycles. The van der Waals surface area contributed by atoms with E-state index in [1.54, 1.807) is 4.68 Å². The van der Waals surface area contributed by atoms with Gasteiger partial charge in [-0.25, -0.2) is 0 Å². The van der Waals surface area contributed by atoms with Gasteiger partial charge in [0.25, 0.3) is 5.91 Å². The maximum absolute atomic E-state index is 12.4. The monoisotopic (exact) mass is 278 g/mol. The molecule has 1 aromatic heterocycles. The fourth-order valence-electron chi connectivity index (χ4n) is 3.15. The molecule has 1 aliphatic carbocycles. The average molecular weight is 278 g/mol. The van der Waals surface area contributed by atoms with E-state index in [9.17, 15) is 4.79 Å². The lowest BCUT2D eigenvalue weighted by molar-refractivity contribution is 0.0886. The highest BCUT2D eigenvalue weighted by Gasteiger charge is 2.27. The van der Waals surface area contributed by atoms with Crippen molar-refractivity contribution in [3.05, 3.63) is 17.5 Å². The van der Waals surface area contributed by atoms with Crippen LogP contribution in [0.1, 0.15) is 41.9 Å². The number of aryl methyl sites for hydroxylation is 2. The number of aromatic nitrogens is 2. The molecule has 0 aromatic carbocycles. The molecule has 5 heteroatoms. The highest BCUT2D eigenvalue weighted by atomic mass is 16.2. The van der Waals surface area contributed by atoms with Gasteiger partial charge in [0.15, 0.2) is 0 Å². The maximum atomic E-state index is 12.4. The molecule has 0 saturated heterocycles. The topological polar surface area (TPSA) is 50.2 Å².